The molecule has 1 aliphatic heterocycles. The smallest absolute Gasteiger partial charge is 0.457 e. The number of nitrogens with two attached hydrogens (primary N) is 1. The Kier molecular flexibility index (Phi) is 5.33. The minimum Gasteiger partial charge on any atom is -0.457 e. The Morgan fingerprint density at radius 2 is 1.67 bits per heavy atom. The third-order valence-electron chi connectivity index (χ3n) is 4.19. The van der Waals surface area contributed by atoms with Crippen LogP contribution < -0.4 is 9.88 Å². The van der Waals surface area contributed by atoms with E-state index >= 15 is 0 Å². The maximum absolute atomic E-state index is 14.2. The van der Waals surface area contributed by atoms with Crippen LogP contribution in [0.15, 0.2) is 35.2 Å². The van der Waals surface area contributed by atoms with Crippen molar-refractivity contribution in [2.75, 3.05) is 6.61 Å². The van der Waals surface area contributed by atoms with Gasteiger partial charge < -0.3 is 9.47 Å². The number of sulfonamides is 1. The van der Waals surface area contributed by atoms with E-state index in [1.54, 1.807) is 0 Å². The van der Waals surface area contributed by atoms with Gasteiger partial charge in [0.25, 0.3) is 0 Å². The molecule has 3 rings (SSSR count). The van der Waals surface area contributed by atoms with Crippen molar-refractivity contribution in [2.24, 2.45) is 5.14 Å². The van der Waals surface area contributed by atoms with Crippen LogP contribution in [-0.2, 0) is 19.6 Å². The number of carbonyl (C=O) groups excluding carboxylic acids is 1. The molecule has 1 aliphatic rings. The normalized spacial score (nSPS) is 14.8. The SMILES string of the molecule is Cc1ccc(C2=C(c3cc(F)c(S(N)(=O)=O)c(F)c3)COC2=O)cc1OC(F)(F)F. The van der Waals surface area contributed by atoms with E-state index in [9.17, 15) is 35.2 Å². The van der Waals surface area contributed by atoms with E-state index < -0.39 is 51.2 Å². The van der Waals surface area contributed by atoms with Gasteiger partial charge in [0.2, 0.25) is 10.0 Å². The number of cyclic esters (lactones) is 1. The van der Waals surface area contributed by atoms with Crippen LogP contribution in [0.4, 0.5) is 22.0 Å². The van der Waals surface area contributed by atoms with Crippen LogP contribution in [0.1, 0.15) is 16.7 Å². The Morgan fingerprint density at radius 1 is 1.07 bits per heavy atom. The zero-order valence-corrected chi connectivity index (χ0v) is 15.8. The number of alkyl halides is 3. The van der Waals surface area contributed by atoms with Crippen LogP contribution in [0.25, 0.3) is 11.1 Å². The summed E-state index contributed by atoms with van der Waals surface area (Å²) in [6.45, 7) is 0.912. The highest BCUT2D eigenvalue weighted by Gasteiger charge is 2.33. The zero-order chi connectivity index (χ0) is 22.4. The minimum absolute atomic E-state index is 0.0475. The topological polar surface area (TPSA) is 95.7 Å². The van der Waals surface area contributed by atoms with Crippen LogP contribution in [-0.4, -0.2) is 27.4 Å². The molecule has 0 aliphatic carbocycles. The second-order valence-corrected chi connectivity index (χ2v) is 7.77. The number of ether oxygens (including phenoxy) is 2. The Hall–Kier alpha value is -2.99. The highest BCUT2D eigenvalue weighted by molar-refractivity contribution is 7.89. The first-order valence-corrected chi connectivity index (χ1v) is 9.62. The fraction of sp³-hybridized carbons (Fsp3) is 0.167. The number of hydrogen-bond donors (Lipinski definition) is 1. The molecule has 0 unspecified atom stereocenters. The van der Waals surface area contributed by atoms with Gasteiger partial charge in [-0.25, -0.2) is 27.1 Å². The third-order valence-corrected chi connectivity index (χ3v) is 5.15. The molecule has 0 saturated carbocycles. The first kappa shape index (κ1) is 21.7. The Morgan fingerprint density at radius 3 is 2.20 bits per heavy atom. The molecule has 0 radical (unpaired) electrons. The van der Waals surface area contributed by atoms with Gasteiger partial charge in [-0.15, -0.1) is 13.2 Å². The standard InChI is InChI=1S/C18H12F5NO5S/c1-8-2-3-9(6-14(8)29-18(21,22)23)15-11(7-28-17(15)25)10-4-12(19)16(13(20)5-10)30(24,26)27/h2-6H,7H2,1H3,(H2,24,26,27). The van der Waals surface area contributed by atoms with E-state index in [-0.39, 0.29) is 27.8 Å². The number of rotatable bonds is 4. The molecule has 2 N–H and O–H groups in total. The molecule has 30 heavy (non-hydrogen) atoms. The van der Waals surface area contributed by atoms with Crippen molar-refractivity contribution in [2.45, 2.75) is 18.2 Å². The summed E-state index contributed by atoms with van der Waals surface area (Å²) in [7, 11) is -4.70. The van der Waals surface area contributed by atoms with E-state index in [1.165, 1.54) is 19.1 Å². The molecule has 6 nitrogen and oxygen atoms in total. The summed E-state index contributed by atoms with van der Waals surface area (Å²) in [5.74, 6) is -4.51. The Bertz CT molecular complexity index is 1160. The summed E-state index contributed by atoms with van der Waals surface area (Å²) < 4.78 is 97.7. The fourth-order valence-corrected chi connectivity index (χ4v) is 3.58. The van der Waals surface area contributed by atoms with E-state index in [2.05, 4.69) is 4.74 Å². The van der Waals surface area contributed by atoms with Crippen molar-refractivity contribution in [3.63, 3.8) is 0 Å². The van der Waals surface area contributed by atoms with Gasteiger partial charge in [0.1, 0.15) is 24.0 Å². The molecule has 2 aromatic rings. The summed E-state index contributed by atoms with van der Waals surface area (Å²) in [5.41, 5.74) is -0.463. The molecule has 0 amide bonds. The molecule has 2 aromatic carbocycles. The van der Waals surface area contributed by atoms with Crippen LogP contribution in [0, 0.1) is 18.6 Å². The largest absolute Gasteiger partial charge is 0.573 e. The fourth-order valence-electron chi connectivity index (χ4n) is 2.92. The average Bonchev–Trinajstić information content (AvgIpc) is 2.95. The van der Waals surface area contributed by atoms with Gasteiger partial charge in [-0.1, -0.05) is 12.1 Å². The molecule has 0 saturated heterocycles. The number of esters is 1. The van der Waals surface area contributed by atoms with Gasteiger partial charge in [-0.05, 0) is 41.8 Å². The lowest BCUT2D eigenvalue weighted by molar-refractivity contribution is -0.274. The summed E-state index contributed by atoms with van der Waals surface area (Å²) in [6, 6.07) is 4.79. The molecular formula is C18H12F5NO5S. The molecule has 12 heteroatoms. The lowest BCUT2D eigenvalue weighted by atomic mass is 9.95. The van der Waals surface area contributed by atoms with Crippen molar-refractivity contribution in [3.8, 4) is 5.75 Å². The Labute approximate surface area is 166 Å². The molecule has 0 aromatic heterocycles. The van der Waals surface area contributed by atoms with Crippen LogP contribution in [0.2, 0.25) is 0 Å². The van der Waals surface area contributed by atoms with Crippen molar-refractivity contribution in [1.82, 2.24) is 0 Å². The van der Waals surface area contributed by atoms with Gasteiger partial charge in [-0.2, -0.15) is 0 Å². The minimum atomic E-state index is -4.98. The Balaban J connectivity index is 2.17. The summed E-state index contributed by atoms with van der Waals surface area (Å²) >= 11 is 0. The maximum atomic E-state index is 14.2. The van der Waals surface area contributed by atoms with E-state index in [0.29, 0.717) is 12.1 Å². The maximum Gasteiger partial charge on any atom is 0.573 e. The monoisotopic (exact) mass is 449 g/mol. The summed E-state index contributed by atoms with van der Waals surface area (Å²) in [4.78, 5) is 10.8. The average molecular weight is 449 g/mol. The highest BCUT2D eigenvalue weighted by atomic mass is 32.2. The molecule has 0 spiro atoms. The number of benzene rings is 2. The number of primary sulfonamides is 1. The van der Waals surface area contributed by atoms with Crippen molar-refractivity contribution in [3.05, 3.63) is 58.7 Å². The van der Waals surface area contributed by atoms with Gasteiger partial charge in [0, 0.05) is 5.57 Å². The molecule has 160 valence electrons. The summed E-state index contributed by atoms with van der Waals surface area (Å²) in [6.07, 6.45) is -4.98. The third kappa shape index (κ3) is 4.28. The van der Waals surface area contributed by atoms with Gasteiger partial charge in [0.05, 0.1) is 5.57 Å². The van der Waals surface area contributed by atoms with Crippen molar-refractivity contribution >= 4 is 27.1 Å². The lowest BCUT2D eigenvalue weighted by Gasteiger charge is -2.13. The second-order valence-electron chi connectivity index (χ2n) is 6.27. The van der Waals surface area contributed by atoms with E-state index in [1.807, 2.05) is 0 Å². The van der Waals surface area contributed by atoms with Crippen LogP contribution in [0.3, 0.4) is 0 Å². The number of halogens is 5. The first-order chi connectivity index (χ1) is 13.8. The predicted molar refractivity (Wildman–Crippen MR) is 93.4 cm³/mol. The molecule has 0 atom stereocenters. The lowest BCUT2D eigenvalue weighted by Crippen LogP contribution is -2.18. The number of aryl methyl sites for hydroxylation is 1. The summed E-state index contributed by atoms with van der Waals surface area (Å²) in [5, 5.41) is 4.78. The number of hydrogen-bond acceptors (Lipinski definition) is 5. The van der Waals surface area contributed by atoms with E-state index in [4.69, 9.17) is 9.88 Å². The molecule has 0 fully saturated rings. The highest BCUT2D eigenvalue weighted by Crippen LogP contribution is 2.37. The first-order valence-electron chi connectivity index (χ1n) is 8.07. The van der Waals surface area contributed by atoms with Crippen LogP contribution in [0.5, 0.6) is 5.75 Å². The van der Waals surface area contributed by atoms with Crippen LogP contribution >= 0.6 is 0 Å². The van der Waals surface area contributed by atoms with E-state index in [0.717, 1.165) is 6.07 Å². The van der Waals surface area contributed by atoms with Gasteiger partial charge in [0.15, 0.2) is 4.90 Å². The van der Waals surface area contributed by atoms with Gasteiger partial charge >= 0.3 is 12.3 Å². The van der Waals surface area contributed by atoms with Crippen molar-refractivity contribution in [1.29, 1.82) is 0 Å². The van der Waals surface area contributed by atoms with Crippen molar-refractivity contribution < 1.29 is 44.6 Å². The second kappa shape index (κ2) is 7.36. The molecule has 1 heterocycles. The molecular weight excluding hydrogens is 437 g/mol. The quantitative estimate of drug-likeness (QED) is 0.571. The van der Waals surface area contributed by atoms with Gasteiger partial charge in [-0.3, -0.25) is 0 Å². The predicted octanol–water partition coefficient (Wildman–Crippen LogP) is 3.29. The number of carbonyl (C=O) groups is 1. The molecule has 0 bridgehead atoms. The zero-order valence-electron chi connectivity index (χ0n) is 15.0.